The van der Waals surface area contributed by atoms with Gasteiger partial charge in [0.25, 0.3) is 0 Å². The van der Waals surface area contributed by atoms with Gasteiger partial charge in [0, 0.05) is 5.92 Å². The van der Waals surface area contributed by atoms with E-state index in [0.29, 0.717) is 0 Å². The van der Waals surface area contributed by atoms with Crippen LogP contribution in [-0.2, 0) is 4.79 Å². The Kier molecular flexibility index (Phi) is 4.47. The van der Waals surface area contributed by atoms with E-state index >= 15 is 0 Å². The Morgan fingerprint density at radius 2 is 2.12 bits per heavy atom. The molecule has 0 spiro atoms. The average molecular weight is 242 g/mol. The van der Waals surface area contributed by atoms with Gasteiger partial charge in [-0.2, -0.15) is 0 Å². The number of carbonyl (C=O) groups is 1. The van der Waals surface area contributed by atoms with E-state index in [-0.39, 0.29) is 5.92 Å². The van der Waals surface area contributed by atoms with Gasteiger partial charge in [0.2, 0.25) is 0 Å². The summed E-state index contributed by atoms with van der Waals surface area (Å²) >= 11 is 6.27. The number of halogens is 2. The van der Waals surface area contributed by atoms with Crippen LogP contribution in [-0.4, -0.2) is 6.29 Å². The maximum atomic E-state index is 9.95. The summed E-state index contributed by atoms with van der Waals surface area (Å²) < 4.78 is 0.824. The van der Waals surface area contributed by atoms with E-state index in [1.165, 1.54) is 0 Å². The summed E-state index contributed by atoms with van der Waals surface area (Å²) in [4.78, 5) is 9.95. The van der Waals surface area contributed by atoms with Crippen LogP contribution in [0.2, 0.25) is 0 Å². The summed E-state index contributed by atoms with van der Waals surface area (Å²) in [6, 6.07) is 0. The fraction of sp³-hybridized carbons (Fsp3) is 0.400. The van der Waals surface area contributed by atoms with E-state index < -0.39 is 0 Å². The van der Waals surface area contributed by atoms with Crippen molar-refractivity contribution in [1.82, 2.24) is 0 Å². The third-order valence-electron chi connectivity index (χ3n) is 0.604. The highest BCUT2D eigenvalue weighted by Crippen LogP contribution is 2.14. The van der Waals surface area contributed by atoms with Crippen LogP contribution in [0.15, 0.2) is 9.47 Å². The van der Waals surface area contributed by atoms with E-state index in [9.17, 15) is 4.79 Å². The molecule has 0 bridgehead atoms. The summed E-state index contributed by atoms with van der Waals surface area (Å²) in [6.45, 7) is 1.82. The minimum Gasteiger partial charge on any atom is -0.303 e. The molecule has 0 rings (SSSR count). The van der Waals surface area contributed by atoms with Gasteiger partial charge in [0.1, 0.15) is 6.29 Å². The lowest BCUT2D eigenvalue weighted by atomic mass is 10.2. The number of rotatable bonds is 2. The van der Waals surface area contributed by atoms with E-state index in [1.807, 2.05) is 6.92 Å². The Bertz CT molecular complexity index is 105. The number of hydrogen-bond acceptors (Lipinski definition) is 1. The predicted molar refractivity (Wildman–Crippen MR) is 41.2 cm³/mol. The lowest BCUT2D eigenvalue weighted by molar-refractivity contribution is -0.109. The molecular formula is C5H6Br2O. The van der Waals surface area contributed by atoms with Crippen LogP contribution < -0.4 is 0 Å². The lowest BCUT2D eigenvalue weighted by Crippen LogP contribution is -1.87. The average Bonchev–Trinajstić information content (AvgIpc) is 1.65. The molecule has 0 aromatic carbocycles. The Labute approximate surface area is 65.4 Å². The first kappa shape index (κ1) is 8.37. The number of hydrogen-bond donors (Lipinski definition) is 0. The molecule has 1 atom stereocenters. The monoisotopic (exact) mass is 240 g/mol. The van der Waals surface area contributed by atoms with Gasteiger partial charge in [-0.15, -0.1) is 0 Å². The van der Waals surface area contributed by atoms with Crippen LogP contribution in [0.4, 0.5) is 0 Å². The number of allylic oxidation sites excluding steroid dienone is 1. The van der Waals surface area contributed by atoms with Crippen LogP contribution in [0.25, 0.3) is 0 Å². The minimum atomic E-state index is -0.0104. The third-order valence-corrected chi connectivity index (χ3v) is 1.13. The van der Waals surface area contributed by atoms with Crippen LogP contribution in [0.5, 0.6) is 0 Å². The Hall–Kier alpha value is 0.370. The minimum absolute atomic E-state index is 0.0104. The van der Waals surface area contributed by atoms with Crippen molar-refractivity contribution in [2.45, 2.75) is 6.92 Å². The van der Waals surface area contributed by atoms with Gasteiger partial charge in [-0.05, 0) is 31.9 Å². The molecule has 8 heavy (non-hydrogen) atoms. The molecule has 0 saturated carbocycles. The molecule has 0 radical (unpaired) electrons. The van der Waals surface area contributed by atoms with Crippen molar-refractivity contribution in [2.75, 3.05) is 0 Å². The molecule has 0 N–H and O–H groups in total. The molecule has 3 heteroatoms. The highest BCUT2D eigenvalue weighted by Gasteiger charge is 1.92. The fourth-order valence-electron chi connectivity index (χ4n) is 0.238. The molecule has 0 aliphatic carbocycles. The summed E-state index contributed by atoms with van der Waals surface area (Å²) in [7, 11) is 0. The van der Waals surface area contributed by atoms with Crippen molar-refractivity contribution < 1.29 is 4.79 Å². The summed E-state index contributed by atoms with van der Waals surface area (Å²) in [5, 5.41) is 0. The zero-order chi connectivity index (χ0) is 6.57. The third kappa shape index (κ3) is 4.53. The number of aldehydes is 1. The van der Waals surface area contributed by atoms with Gasteiger partial charge in [-0.3, -0.25) is 0 Å². The first-order chi connectivity index (χ1) is 3.66. The molecule has 0 aliphatic rings. The van der Waals surface area contributed by atoms with Gasteiger partial charge in [0.15, 0.2) is 0 Å². The predicted octanol–water partition coefficient (Wildman–Crippen LogP) is 2.45. The second-order valence-corrected chi connectivity index (χ2v) is 4.22. The summed E-state index contributed by atoms with van der Waals surface area (Å²) in [5.41, 5.74) is 0. The molecule has 0 aliphatic heterocycles. The highest BCUT2D eigenvalue weighted by atomic mass is 79.9. The summed E-state index contributed by atoms with van der Waals surface area (Å²) in [5.74, 6) is -0.0104. The smallest absolute Gasteiger partial charge is 0.126 e. The summed E-state index contributed by atoms with van der Waals surface area (Å²) in [6.07, 6.45) is 2.65. The molecular weight excluding hydrogens is 236 g/mol. The van der Waals surface area contributed by atoms with Gasteiger partial charge >= 0.3 is 0 Å². The zero-order valence-corrected chi connectivity index (χ0v) is 7.57. The lowest BCUT2D eigenvalue weighted by Gasteiger charge is -1.89. The molecule has 0 heterocycles. The molecule has 1 unspecified atom stereocenters. The molecule has 1 nitrogen and oxygen atoms in total. The molecule has 0 fully saturated rings. The number of carbonyl (C=O) groups excluding carboxylic acids is 1. The fourth-order valence-corrected chi connectivity index (χ4v) is 1.07. The van der Waals surface area contributed by atoms with Gasteiger partial charge in [-0.1, -0.05) is 13.0 Å². The maximum Gasteiger partial charge on any atom is 0.126 e. The van der Waals surface area contributed by atoms with Gasteiger partial charge in [-0.25, -0.2) is 0 Å². The van der Waals surface area contributed by atoms with Crippen LogP contribution >= 0.6 is 31.9 Å². The standard InChI is InChI=1S/C5H6Br2O/c1-4(3-8)2-5(6)7/h2-4H,1H3. The molecule has 46 valence electrons. The van der Waals surface area contributed by atoms with E-state index in [4.69, 9.17) is 0 Å². The van der Waals surface area contributed by atoms with Crippen LogP contribution in [0.3, 0.4) is 0 Å². The van der Waals surface area contributed by atoms with Crippen molar-refractivity contribution >= 4 is 38.1 Å². The van der Waals surface area contributed by atoms with Crippen molar-refractivity contribution in [3.8, 4) is 0 Å². The Balaban J connectivity index is 3.68. The highest BCUT2D eigenvalue weighted by molar-refractivity contribution is 9.28. The van der Waals surface area contributed by atoms with E-state index in [1.54, 1.807) is 6.08 Å². The van der Waals surface area contributed by atoms with E-state index in [2.05, 4.69) is 31.9 Å². The quantitative estimate of drug-likeness (QED) is 0.679. The second kappa shape index (κ2) is 4.27. The van der Waals surface area contributed by atoms with Crippen molar-refractivity contribution in [1.29, 1.82) is 0 Å². The normalized spacial score (nSPS) is 12.4. The van der Waals surface area contributed by atoms with Crippen molar-refractivity contribution in [3.63, 3.8) is 0 Å². The second-order valence-electron chi connectivity index (χ2n) is 1.45. The van der Waals surface area contributed by atoms with Crippen molar-refractivity contribution in [3.05, 3.63) is 9.47 Å². The molecule has 0 aromatic heterocycles. The van der Waals surface area contributed by atoms with Crippen LogP contribution in [0, 0.1) is 5.92 Å². The first-order valence-electron chi connectivity index (χ1n) is 2.15. The maximum absolute atomic E-state index is 9.95. The molecule has 0 aromatic rings. The Morgan fingerprint density at radius 1 is 1.62 bits per heavy atom. The largest absolute Gasteiger partial charge is 0.303 e. The van der Waals surface area contributed by atoms with Crippen molar-refractivity contribution in [2.24, 2.45) is 5.92 Å². The van der Waals surface area contributed by atoms with Gasteiger partial charge in [0.05, 0.1) is 3.39 Å². The van der Waals surface area contributed by atoms with E-state index in [0.717, 1.165) is 9.68 Å². The zero-order valence-electron chi connectivity index (χ0n) is 4.40. The Morgan fingerprint density at radius 3 is 2.25 bits per heavy atom. The first-order valence-corrected chi connectivity index (χ1v) is 3.73. The topological polar surface area (TPSA) is 17.1 Å². The molecule has 0 saturated heterocycles. The van der Waals surface area contributed by atoms with Crippen LogP contribution in [0.1, 0.15) is 6.92 Å². The van der Waals surface area contributed by atoms with Gasteiger partial charge < -0.3 is 4.79 Å². The SMILES string of the molecule is CC(C=O)C=C(Br)Br. The molecule has 0 amide bonds.